The van der Waals surface area contributed by atoms with Crippen molar-refractivity contribution in [3.63, 3.8) is 0 Å². The Balaban J connectivity index is 2.37. The van der Waals surface area contributed by atoms with Crippen LogP contribution in [0, 0.1) is 5.92 Å². The molecule has 5 heteroatoms. The van der Waals surface area contributed by atoms with Gasteiger partial charge in [0.25, 0.3) is 0 Å². The molecule has 1 amide bonds. The summed E-state index contributed by atoms with van der Waals surface area (Å²) in [6.07, 6.45) is 0.0765. The number of aliphatic carboxylic acids is 1. The number of amides is 1. The van der Waals surface area contributed by atoms with E-state index in [1.165, 1.54) is 0 Å². The lowest BCUT2D eigenvalue weighted by Gasteiger charge is -2.13. The Labute approximate surface area is 105 Å². The van der Waals surface area contributed by atoms with Gasteiger partial charge in [-0.05, 0) is 35.2 Å². The van der Waals surface area contributed by atoms with Gasteiger partial charge in [0.2, 0.25) is 5.91 Å². The highest BCUT2D eigenvalue weighted by molar-refractivity contribution is 7.08. The second-order valence-electron chi connectivity index (χ2n) is 4.23. The predicted octanol–water partition coefficient (Wildman–Crippen LogP) is 2.08. The van der Waals surface area contributed by atoms with Crippen molar-refractivity contribution in [1.29, 1.82) is 0 Å². The van der Waals surface area contributed by atoms with E-state index in [1.807, 2.05) is 30.7 Å². The molecule has 0 aliphatic rings. The molecule has 1 aromatic rings. The van der Waals surface area contributed by atoms with Gasteiger partial charge in [0.05, 0.1) is 5.92 Å². The molecule has 4 nitrogen and oxygen atoms in total. The molecule has 1 rings (SSSR count). The first-order valence-corrected chi connectivity index (χ1v) is 6.46. The second-order valence-corrected chi connectivity index (χ2v) is 5.01. The van der Waals surface area contributed by atoms with Gasteiger partial charge in [-0.15, -0.1) is 0 Å². The van der Waals surface area contributed by atoms with Crippen molar-refractivity contribution >= 4 is 23.2 Å². The van der Waals surface area contributed by atoms with Crippen LogP contribution in [0.3, 0.4) is 0 Å². The van der Waals surface area contributed by atoms with E-state index >= 15 is 0 Å². The minimum Gasteiger partial charge on any atom is -0.481 e. The Hall–Kier alpha value is -1.36. The van der Waals surface area contributed by atoms with E-state index < -0.39 is 5.97 Å². The fourth-order valence-electron chi connectivity index (χ4n) is 1.47. The zero-order chi connectivity index (χ0) is 12.8. The van der Waals surface area contributed by atoms with Crippen molar-refractivity contribution in [3.8, 4) is 0 Å². The monoisotopic (exact) mass is 255 g/mol. The van der Waals surface area contributed by atoms with E-state index in [9.17, 15) is 9.59 Å². The molecule has 0 aliphatic carbocycles. The Bertz CT molecular complexity index is 375. The lowest BCUT2D eigenvalue weighted by molar-refractivity contribution is -0.138. The number of carboxylic acid groups (broad SMARTS) is 1. The zero-order valence-corrected chi connectivity index (χ0v) is 10.8. The van der Waals surface area contributed by atoms with Crippen LogP contribution in [0.15, 0.2) is 16.8 Å². The standard InChI is InChI=1S/C12H17NO3S/c1-8(5-11(14)15)6-13-12(16)9(2)10-3-4-17-7-10/h3-4,7-9H,5-6H2,1-2H3,(H,13,16)(H,14,15). The average Bonchev–Trinajstić information content (AvgIpc) is 2.77. The van der Waals surface area contributed by atoms with Gasteiger partial charge in [-0.1, -0.05) is 6.92 Å². The molecule has 0 aromatic carbocycles. The summed E-state index contributed by atoms with van der Waals surface area (Å²) in [6.45, 7) is 4.06. The normalized spacial score (nSPS) is 14.0. The molecule has 17 heavy (non-hydrogen) atoms. The number of nitrogens with one attached hydrogen (secondary N) is 1. The number of carboxylic acids is 1. The summed E-state index contributed by atoms with van der Waals surface area (Å²) in [7, 11) is 0. The summed E-state index contributed by atoms with van der Waals surface area (Å²) in [6, 6.07) is 1.93. The molecule has 1 aromatic heterocycles. The van der Waals surface area contributed by atoms with E-state index in [0.717, 1.165) is 5.56 Å². The quantitative estimate of drug-likeness (QED) is 0.818. The van der Waals surface area contributed by atoms with Gasteiger partial charge in [0.1, 0.15) is 0 Å². The molecular formula is C12H17NO3S. The third-order valence-electron chi connectivity index (χ3n) is 2.58. The lowest BCUT2D eigenvalue weighted by atomic mass is 10.0. The Morgan fingerprint density at radius 2 is 2.18 bits per heavy atom. The van der Waals surface area contributed by atoms with Crippen LogP contribution in [-0.2, 0) is 9.59 Å². The number of carbonyl (C=O) groups is 2. The summed E-state index contributed by atoms with van der Waals surface area (Å²) in [5.74, 6) is -1.12. The number of hydrogen-bond acceptors (Lipinski definition) is 3. The third-order valence-corrected chi connectivity index (χ3v) is 3.29. The summed E-state index contributed by atoms with van der Waals surface area (Å²) in [5, 5.41) is 15.3. The van der Waals surface area contributed by atoms with Crippen molar-refractivity contribution in [2.24, 2.45) is 5.92 Å². The molecule has 94 valence electrons. The number of rotatable bonds is 6. The minimum atomic E-state index is -0.836. The first-order chi connectivity index (χ1) is 8.00. The van der Waals surface area contributed by atoms with Crippen LogP contribution >= 0.6 is 11.3 Å². The summed E-state index contributed by atoms with van der Waals surface area (Å²) in [4.78, 5) is 22.2. The predicted molar refractivity (Wildman–Crippen MR) is 67.2 cm³/mol. The van der Waals surface area contributed by atoms with Crippen LogP contribution in [0.2, 0.25) is 0 Å². The maximum Gasteiger partial charge on any atom is 0.303 e. The fraction of sp³-hybridized carbons (Fsp3) is 0.500. The van der Waals surface area contributed by atoms with Crippen LogP contribution in [-0.4, -0.2) is 23.5 Å². The molecule has 0 radical (unpaired) electrons. The highest BCUT2D eigenvalue weighted by atomic mass is 32.1. The fourth-order valence-corrected chi connectivity index (χ4v) is 2.23. The third kappa shape index (κ3) is 4.56. The van der Waals surface area contributed by atoms with Gasteiger partial charge in [0.15, 0.2) is 0 Å². The summed E-state index contributed by atoms with van der Waals surface area (Å²) in [5.41, 5.74) is 0.999. The summed E-state index contributed by atoms with van der Waals surface area (Å²) >= 11 is 1.56. The van der Waals surface area contributed by atoms with Gasteiger partial charge < -0.3 is 10.4 Å². The van der Waals surface area contributed by atoms with Gasteiger partial charge >= 0.3 is 5.97 Å². The summed E-state index contributed by atoms with van der Waals surface area (Å²) < 4.78 is 0. The molecule has 0 fully saturated rings. The minimum absolute atomic E-state index is 0.0499. The largest absolute Gasteiger partial charge is 0.481 e. The Morgan fingerprint density at radius 3 is 2.71 bits per heavy atom. The number of hydrogen-bond donors (Lipinski definition) is 2. The van der Waals surface area contributed by atoms with E-state index in [0.29, 0.717) is 6.54 Å². The van der Waals surface area contributed by atoms with Crippen molar-refractivity contribution in [2.45, 2.75) is 26.2 Å². The van der Waals surface area contributed by atoms with E-state index in [2.05, 4.69) is 5.32 Å². The highest BCUT2D eigenvalue weighted by Gasteiger charge is 2.16. The molecule has 2 N–H and O–H groups in total. The number of thiophene rings is 1. The molecule has 2 atom stereocenters. The number of carbonyl (C=O) groups excluding carboxylic acids is 1. The van der Waals surface area contributed by atoms with Gasteiger partial charge in [0, 0.05) is 13.0 Å². The Morgan fingerprint density at radius 1 is 1.47 bits per heavy atom. The molecule has 2 unspecified atom stereocenters. The Kier molecular flexibility index (Phi) is 5.15. The lowest BCUT2D eigenvalue weighted by Crippen LogP contribution is -2.32. The van der Waals surface area contributed by atoms with Crippen LogP contribution < -0.4 is 5.32 Å². The van der Waals surface area contributed by atoms with Crippen molar-refractivity contribution in [3.05, 3.63) is 22.4 Å². The topological polar surface area (TPSA) is 66.4 Å². The first kappa shape index (κ1) is 13.7. The molecule has 1 heterocycles. The zero-order valence-electron chi connectivity index (χ0n) is 9.97. The molecule has 0 aliphatic heterocycles. The smallest absolute Gasteiger partial charge is 0.303 e. The maximum atomic E-state index is 11.8. The van der Waals surface area contributed by atoms with Crippen LogP contribution in [0.25, 0.3) is 0 Å². The van der Waals surface area contributed by atoms with E-state index in [4.69, 9.17) is 5.11 Å². The van der Waals surface area contributed by atoms with Crippen LogP contribution in [0.4, 0.5) is 0 Å². The van der Waals surface area contributed by atoms with Crippen molar-refractivity contribution < 1.29 is 14.7 Å². The molecule has 0 spiro atoms. The average molecular weight is 255 g/mol. The highest BCUT2D eigenvalue weighted by Crippen LogP contribution is 2.18. The maximum absolute atomic E-state index is 11.8. The van der Waals surface area contributed by atoms with Crippen LogP contribution in [0.5, 0.6) is 0 Å². The van der Waals surface area contributed by atoms with Gasteiger partial charge in [-0.3, -0.25) is 9.59 Å². The second kappa shape index (κ2) is 6.39. The van der Waals surface area contributed by atoms with Gasteiger partial charge in [-0.2, -0.15) is 11.3 Å². The molecular weight excluding hydrogens is 238 g/mol. The molecule has 0 saturated heterocycles. The van der Waals surface area contributed by atoms with Crippen molar-refractivity contribution in [1.82, 2.24) is 5.32 Å². The van der Waals surface area contributed by atoms with Crippen molar-refractivity contribution in [2.75, 3.05) is 6.54 Å². The van der Waals surface area contributed by atoms with E-state index in [1.54, 1.807) is 11.3 Å². The van der Waals surface area contributed by atoms with Crippen LogP contribution in [0.1, 0.15) is 31.7 Å². The molecule has 0 bridgehead atoms. The SMILES string of the molecule is CC(CNC(=O)C(C)c1ccsc1)CC(=O)O. The van der Waals surface area contributed by atoms with Gasteiger partial charge in [-0.25, -0.2) is 0 Å². The first-order valence-electron chi connectivity index (χ1n) is 5.52. The van der Waals surface area contributed by atoms with E-state index in [-0.39, 0.29) is 24.2 Å². The molecule has 0 saturated carbocycles.